The summed E-state index contributed by atoms with van der Waals surface area (Å²) >= 11 is 0. The number of carbonyl (C=O) groups is 1. The van der Waals surface area contributed by atoms with Gasteiger partial charge in [-0.2, -0.15) is 0 Å². The first-order chi connectivity index (χ1) is 4.09. The minimum Gasteiger partial charge on any atom is -0.481 e. The fraction of sp³-hybridized carbons (Fsp3) is 0.833. The maximum Gasteiger partial charge on any atom is 0.309 e. The van der Waals surface area contributed by atoms with Crippen LogP contribution in [-0.2, 0) is 4.79 Å². The molecule has 0 spiro atoms. The van der Waals surface area contributed by atoms with E-state index in [0.717, 1.165) is 0 Å². The maximum absolute atomic E-state index is 10.2. The topological polar surface area (TPSA) is 57.5 Å². The third kappa shape index (κ3) is 2.46. The van der Waals surface area contributed by atoms with Crippen molar-refractivity contribution in [3.05, 3.63) is 0 Å². The molecule has 0 radical (unpaired) electrons. The van der Waals surface area contributed by atoms with Crippen molar-refractivity contribution in [1.29, 1.82) is 0 Å². The Bertz CT molecular complexity index is 98.5. The molecule has 0 saturated heterocycles. The number of rotatable bonds is 3. The predicted octanol–water partition coefficient (Wildman–Crippen LogP) is 0.478. The van der Waals surface area contributed by atoms with Crippen molar-refractivity contribution in [2.45, 2.75) is 26.4 Å². The third-order valence-corrected chi connectivity index (χ3v) is 1.34. The van der Waals surface area contributed by atoms with Gasteiger partial charge in [0, 0.05) is 0 Å². The van der Waals surface area contributed by atoms with Gasteiger partial charge in [0.25, 0.3) is 0 Å². The molecule has 9 heavy (non-hydrogen) atoms. The summed E-state index contributed by atoms with van der Waals surface area (Å²) in [5.74, 6) is -1.53. The van der Waals surface area contributed by atoms with E-state index >= 15 is 0 Å². The largest absolute Gasteiger partial charge is 0.481 e. The highest BCUT2D eigenvalue weighted by molar-refractivity contribution is 5.70. The fourth-order valence-electron chi connectivity index (χ4n) is 0.722. The van der Waals surface area contributed by atoms with E-state index in [9.17, 15) is 4.79 Å². The van der Waals surface area contributed by atoms with Crippen LogP contribution in [0.1, 0.15) is 20.3 Å². The Morgan fingerprint density at radius 1 is 1.67 bits per heavy atom. The van der Waals surface area contributed by atoms with Crippen molar-refractivity contribution >= 4 is 5.97 Å². The number of aliphatic carboxylic acids is 1. The van der Waals surface area contributed by atoms with Gasteiger partial charge in [-0.1, -0.05) is 6.92 Å². The first-order valence-electron chi connectivity index (χ1n) is 3.00. The number of aliphatic hydroxyl groups is 1. The smallest absolute Gasteiger partial charge is 0.309 e. The van der Waals surface area contributed by atoms with Crippen LogP contribution in [0.2, 0.25) is 0 Å². The molecule has 0 saturated carbocycles. The Hall–Kier alpha value is -0.570. The van der Waals surface area contributed by atoms with E-state index < -0.39 is 18.0 Å². The van der Waals surface area contributed by atoms with Gasteiger partial charge < -0.3 is 10.2 Å². The molecule has 3 heteroatoms. The molecule has 0 aromatic heterocycles. The van der Waals surface area contributed by atoms with E-state index in [0.29, 0.717) is 6.42 Å². The number of carboxylic acid groups (broad SMARTS) is 1. The summed E-state index contributed by atoms with van der Waals surface area (Å²) in [6, 6.07) is 0. The quantitative estimate of drug-likeness (QED) is 0.587. The van der Waals surface area contributed by atoms with Crippen LogP contribution in [0, 0.1) is 5.92 Å². The molecule has 2 N–H and O–H groups in total. The van der Waals surface area contributed by atoms with Gasteiger partial charge in [-0.15, -0.1) is 0 Å². The lowest BCUT2D eigenvalue weighted by Crippen LogP contribution is -2.24. The van der Waals surface area contributed by atoms with Crippen LogP contribution in [0.5, 0.6) is 0 Å². The fourth-order valence-corrected chi connectivity index (χ4v) is 0.722. The van der Waals surface area contributed by atoms with Crippen LogP contribution in [-0.4, -0.2) is 22.3 Å². The van der Waals surface area contributed by atoms with Gasteiger partial charge in [0.05, 0.1) is 12.0 Å². The molecule has 0 aromatic carbocycles. The summed E-state index contributed by atoms with van der Waals surface area (Å²) in [6.07, 6.45) is -0.264. The summed E-state index contributed by atoms with van der Waals surface area (Å²) in [6.45, 7) is 3.23. The second kappa shape index (κ2) is 3.45. The van der Waals surface area contributed by atoms with Crippen molar-refractivity contribution < 1.29 is 15.0 Å². The van der Waals surface area contributed by atoms with Gasteiger partial charge in [0.2, 0.25) is 0 Å². The van der Waals surface area contributed by atoms with Gasteiger partial charge in [-0.25, -0.2) is 0 Å². The standard InChI is InChI=1S/C6H12O3/c1-3-5(4(2)7)6(8)9/h4-5,7H,3H2,1-2H3,(H,8,9)/t4-,5+/m0/s1. The molecule has 0 heterocycles. The molecule has 0 aliphatic carbocycles. The van der Waals surface area contributed by atoms with Crippen LogP contribution in [0.15, 0.2) is 0 Å². The Labute approximate surface area is 54.3 Å². The van der Waals surface area contributed by atoms with Crippen molar-refractivity contribution in [3.63, 3.8) is 0 Å². The average molecular weight is 132 g/mol. The zero-order chi connectivity index (χ0) is 7.44. The summed E-state index contributed by atoms with van der Waals surface area (Å²) in [4.78, 5) is 10.2. The van der Waals surface area contributed by atoms with Crippen molar-refractivity contribution in [3.8, 4) is 0 Å². The van der Waals surface area contributed by atoms with Crippen molar-refractivity contribution in [2.75, 3.05) is 0 Å². The number of aliphatic hydroxyl groups excluding tert-OH is 1. The van der Waals surface area contributed by atoms with Crippen LogP contribution >= 0.6 is 0 Å². The van der Waals surface area contributed by atoms with Gasteiger partial charge >= 0.3 is 5.97 Å². The minimum absolute atomic E-state index is 0.479. The second-order valence-electron chi connectivity index (χ2n) is 2.09. The average Bonchev–Trinajstić information content (AvgIpc) is 1.64. The Balaban J connectivity index is 3.83. The van der Waals surface area contributed by atoms with Gasteiger partial charge in [0.15, 0.2) is 0 Å². The molecule has 0 aromatic rings. The van der Waals surface area contributed by atoms with E-state index in [-0.39, 0.29) is 0 Å². The lowest BCUT2D eigenvalue weighted by Gasteiger charge is -2.11. The lowest BCUT2D eigenvalue weighted by molar-refractivity contribution is -0.145. The summed E-state index contributed by atoms with van der Waals surface area (Å²) < 4.78 is 0. The predicted molar refractivity (Wildman–Crippen MR) is 33.1 cm³/mol. The Morgan fingerprint density at radius 2 is 2.11 bits per heavy atom. The highest BCUT2D eigenvalue weighted by atomic mass is 16.4. The number of hydrogen-bond donors (Lipinski definition) is 2. The summed E-state index contributed by atoms with van der Waals surface area (Å²) in [5, 5.41) is 17.2. The Morgan fingerprint density at radius 3 is 2.11 bits per heavy atom. The van der Waals surface area contributed by atoms with E-state index in [2.05, 4.69) is 0 Å². The van der Waals surface area contributed by atoms with E-state index in [1.807, 2.05) is 0 Å². The molecule has 2 atom stereocenters. The molecular weight excluding hydrogens is 120 g/mol. The van der Waals surface area contributed by atoms with Gasteiger partial charge in [0.1, 0.15) is 0 Å². The normalized spacial score (nSPS) is 16.8. The zero-order valence-electron chi connectivity index (χ0n) is 5.66. The molecule has 0 rings (SSSR count). The monoisotopic (exact) mass is 132 g/mol. The van der Waals surface area contributed by atoms with E-state index in [4.69, 9.17) is 10.2 Å². The zero-order valence-corrected chi connectivity index (χ0v) is 5.66. The number of hydrogen-bond acceptors (Lipinski definition) is 2. The highest BCUT2D eigenvalue weighted by Crippen LogP contribution is 2.07. The summed E-state index contributed by atoms with van der Waals surface area (Å²) in [5.41, 5.74) is 0. The molecule has 0 aliphatic rings. The number of carboxylic acids is 1. The molecular formula is C6H12O3. The minimum atomic E-state index is -0.924. The van der Waals surface area contributed by atoms with Crippen molar-refractivity contribution in [1.82, 2.24) is 0 Å². The molecule has 0 amide bonds. The first-order valence-corrected chi connectivity index (χ1v) is 3.00. The van der Waals surface area contributed by atoms with Crippen LogP contribution in [0.3, 0.4) is 0 Å². The van der Waals surface area contributed by atoms with Crippen LogP contribution in [0.4, 0.5) is 0 Å². The van der Waals surface area contributed by atoms with E-state index in [1.165, 1.54) is 6.92 Å². The maximum atomic E-state index is 10.2. The van der Waals surface area contributed by atoms with Gasteiger partial charge in [-0.3, -0.25) is 4.79 Å². The second-order valence-corrected chi connectivity index (χ2v) is 2.09. The third-order valence-electron chi connectivity index (χ3n) is 1.34. The van der Waals surface area contributed by atoms with E-state index in [1.54, 1.807) is 6.92 Å². The molecule has 0 bridgehead atoms. The van der Waals surface area contributed by atoms with Crippen molar-refractivity contribution in [2.24, 2.45) is 5.92 Å². The molecule has 0 fully saturated rings. The Kier molecular flexibility index (Phi) is 3.24. The van der Waals surface area contributed by atoms with Crippen LogP contribution in [0.25, 0.3) is 0 Å². The first kappa shape index (κ1) is 8.43. The molecule has 54 valence electrons. The highest BCUT2D eigenvalue weighted by Gasteiger charge is 2.19. The van der Waals surface area contributed by atoms with Crippen LogP contribution < -0.4 is 0 Å². The molecule has 0 aliphatic heterocycles. The molecule has 0 unspecified atom stereocenters. The lowest BCUT2D eigenvalue weighted by atomic mass is 10.0. The SMILES string of the molecule is CC[C@@H](C(=O)O)[C@H](C)O. The summed E-state index contributed by atoms with van der Waals surface area (Å²) in [7, 11) is 0. The molecule has 3 nitrogen and oxygen atoms in total. The van der Waals surface area contributed by atoms with Gasteiger partial charge in [-0.05, 0) is 13.3 Å².